The van der Waals surface area contributed by atoms with E-state index in [1.165, 1.54) is 30.3 Å². The molecule has 2 rings (SSSR count). The van der Waals surface area contributed by atoms with Crippen LogP contribution in [0.25, 0.3) is 0 Å². The average molecular weight is 326 g/mol. The highest BCUT2D eigenvalue weighted by molar-refractivity contribution is 7.09. The molecule has 5 nitrogen and oxygen atoms in total. The molecule has 1 aromatic heterocycles. The molecule has 1 heterocycles. The molecule has 0 aliphatic carbocycles. The topological polar surface area (TPSA) is 57.3 Å². The van der Waals surface area contributed by atoms with Gasteiger partial charge in [0.1, 0.15) is 10.7 Å². The summed E-state index contributed by atoms with van der Waals surface area (Å²) in [6.07, 6.45) is 1.64. The Morgan fingerprint density at radius 2 is 1.95 bits per heavy atom. The van der Waals surface area contributed by atoms with Gasteiger partial charge in [-0.15, -0.1) is 11.3 Å². The van der Waals surface area contributed by atoms with E-state index in [0.29, 0.717) is 0 Å². The number of urea groups is 1. The summed E-state index contributed by atoms with van der Waals surface area (Å²) in [6, 6.07) is 1.30. The van der Waals surface area contributed by atoms with Gasteiger partial charge in [0.15, 0.2) is 11.6 Å². The smallest absolute Gasteiger partial charge is 0.319 e. The zero-order chi connectivity index (χ0) is 16.3. The maximum Gasteiger partial charge on any atom is 0.319 e. The van der Waals surface area contributed by atoms with Crippen molar-refractivity contribution in [2.24, 2.45) is 0 Å². The van der Waals surface area contributed by atoms with E-state index in [1.807, 2.05) is 0 Å². The molecule has 22 heavy (non-hydrogen) atoms. The fourth-order valence-electron chi connectivity index (χ4n) is 1.94. The third kappa shape index (κ3) is 3.70. The number of carbonyl (C=O) groups is 1. The van der Waals surface area contributed by atoms with Crippen molar-refractivity contribution in [2.75, 3.05) is 24.3 Å². The van der Waals surface area contributed by atoms with Crippen LogP contribution in [0.3, 0.4) is 0 Å². The van der Waals surface area contributed by atoms with E-state index in [9.17, 15) is 13.6 Å². The lowest BCUT2D eigenvalue weighted by atomic mass is 10.2. The molecule has 0 spiro atoms. The fraction of sp³-hybridized carbons (Fsp3) is 0.286. The van der Waals surface area contributed by atoms with Gasteiger partial charge in [0.2, 0.25) is 0 Å². The molecule has 2 aromatic rings. The van der Waals surface area contributed by atoms with Gasteiger partial charge in [-0.05, 0) is 19.1 Å². The molecule has 0 fully saturated rings. The van der Waals surface area contributed by atoms with Gasteiger partial charge in [-0.3, -0.25) is 0 Å². The minimum Gasteiger partial charge on any atom is -0.373 e. The number of aromatic nitrogens is 1. The second kappa shape index (κ2) is 6.69. The SMILES string of the molecule is C[C@@H](NC(=O)Nc1cc(F)c(N(C)C)c(F)c1)c1nccs1. The van der Waals surface area contributed by atoms with Crippen molar-refractivity contribution in [1.82, 2.24) is 10.3 Å². The Bertz CT molecular complexity index is 638. The van der Waals surface area contributed by atoms with Gasteiger partial charge in [0.25, 0.3) is 0 Å². The molecule has 1 atom stereocenters. The first-order chi connectivity index (χ1) is 10.4. The van der Waals surface area contributed by atoms with Gasteiger partial charge in [-0.1, -0.05) is 0 Å². The zero-order valence-electron chi connectivity index (χ0n) is 12.4. The number of carbonyl (C=O) groups excluding carboxylic acids is 1. The summed E-state index contributed by atoms with van der Waals surface area (Å²) in [6.45, 7) is 1.77. The summed E-state index contributed by atoms with van der Waals surface area (Å²) >= 11 is 1.41. The first kappa shape index (κ1) is 16.2. The van der Waals surface area contributed by atoms with Crippen LogP contribution in [-0.4, -0.2) is 25.1 Å². The number of anilines is 2. The van der Waals surface area contributed by atoms with Crippen LogP contribution in [-0.2, 0) is 0 Å². The number of nitrogens with one attached hydrogen (secondary N) is 2. The molecular formula is C14H16F2N4OS. The summed E-state index contributed by atoms with van der Waals surface area (Å²) in [7, 11) is 3.08. The Kier molecular flexibility index (Phi) is 4.92. The minimum absolute atomic E-state index is 0.0458. The van der Waals surface area contributed by atoms with Gasteiger partial charge in [0, 0.05) is 31.4 Å². The van der Waals surface area contributed by atoms with Crippen LogP contribution >= 0.6 is 11.3 Å². The van der Waals surface area contributed by atoms with Crippen LogP contribution < -0.4 is 15.5 Å². The van der Waals surface area contributed by atoms with E-state index in [0.717, 1.165) is 17.1 Å². The molecule has 0 saturated heterocycles. The molecule has 0 unspecified atom stereocenters. The molecule has 2 N–H and O–H groups in total. The molecule has 0 saturated carbocycles. The third-order valence-electron chi connectivity index (χ3n) is 2.89. The van der Waals surface area contributed by atoms with Gasteiger partial charge < -0.3 is 15.5 Å². The summed E-state index contributed by atoms with van der Waals surface area (Å²) < 4.78 is 27.7. The number of thiazole rings is 1. The second-order valence-electron chi connectivity index (χ2n) is 4.87. The molecular weight excluding hydrogens is 310 g/mol. The van der Waals surface area contributed by atoms with Gasteiger partial charge >= 0.3 is 6.03 Å². The number of benzene rings is 1. The molecule has 0 aliphatic heterocycles. The van der Waals surface area contributed by atoms with Crippen molar-refractivity contribution in [3.8, 4) is 0 Å². The van der Waals surface area contributed by atoms with Crippen molar-refractivity contribution in [3.05, 3.63) is 40.4 Å². The fourth-order valence-corrected chi connectivity index (χ4v) is 2.58. The maximum absolute atomic E-state index is 13.8. The highest BCUT2D eigenvalue weighted by atomic mass is 32.1. The standard InChI is InChI=1S/C14H16F2N4OS/c1-8(13-17-4-5-22-13)18-14(21)19-9-6-10(15)12(20(2)3)11(16)7-9/h4-8H,1-3H3,(H2,18,19,21)/t8-/m1/s1. The zero-order valence-corrected chi connectivity index (χ0v) is 13.2. The van der Waals surface area contributed by atoms with Crippen LogP contribution in [0.1, 0.15) is 18.0 Å². The molecule has 8 heteroatoms. The van der Waals surface area contributed by atoms with Crippen LogP contribution in [0.15, 0.2) is 23.7 Å². The largest absolute Gasteiger partial charge is 0.373 e. The van der Waals surface area contributed by atoms with E-state index >= 15 is 0 Å². The number of rotatable bonds is 4. The maximum atomic E-state index is 13.8. The third-order valence-corrected chi connectivity index (χ3v) is 3.85. The summed E-state index contributed by atoms with van der Waals surface area (Å²) in [5.41, 5.74) is -0.105. The van der Waals surface area contributed by atoms with Gasteiger partial charge in [-0.2, -0.15) is 0 Å². The van der Waals surface area contributed by atoms with Crippen LogP contribution in [0.5, 0.6) is 0 Å². The van der Waals surface area contributed by atoms with Crippen molar-refractivity contribution in [2.45, 2.75) is 13.0 Å². The Morgan fingerprint density at radius 3 is 2.45 bits per heavy atom. The average Bonchev–Trinajstić information content (AvgIpc) is 2.90. The number of amides is 2. The molecule has 2 amide bonds. The molecule has 1 aromatic carbocycles. The van der Waals surface area contributed by atoms with Gasteiger partial charge in [0.05, 0.1) is 6.04 Å². The minimum atomic E-state index is -0.742. The molecule has 118 valence electrons. The lowest BCUT2D eigenvalue weighted by Gasteiger charge is -2.16. The lowest BCUT2D eigenvalue weighted by molar-refractivity contribution is 0.249. The first-order valence-corrected chi connectivity index (χ1v) is 7.39. The molecule has 0 bridgehead atoms. The first-order valence-electron chi connectivity index (χ1n) is 6.51. The Labute approximate surface area is 131 Å². The van der Waals surface area contributed by atoms with Crippen molar-refractivity contribution in [3.63, 3.8) is 0 Å². The van der Waals surface area contributed by atoms with E-state index in [4.69, 9.17) is 0 Å². The Hall–Kier alpha value is -2.22. The summed E-state index contributed by atoms with van der Waals surface area (Å²) in [4.78, 5) is 17.3. The van der Waals surface area contributed by atoms with Crippen LogP contribution in [0.4, 0.5) is 25.0 Å². The normalized spacial score (nSPS) is 11.9. The number of nitrogens with zero attached hydrogens (tertiary/aromatic N) is 2. The van der Waals surface area contributed by atoms with E-state index in [-0.39, 0.29) is 17.4 Å². The van der Waals surface area contributed by atoms with Crippen LogP contribution in [0, 0.1) is 11.6 Å². The predicted octanol–water partition coefficient (Wildman–Crippen LogP) is 3.37. The predicted molar refractivity (Wildman–Crippen MR) is 83.4 cm³/mol. The van der Waals surface area contributed by atoms with E-state index < -0.39 is 17.7 Å². The monoisotopic (exact) mass is 326 g/mol. The molecule has 0 radical (unpaired) electrons. The van der Waals surface area contributed by atoms with E-state index in [2.05, 4.69) is 15.6 Å². The van der Waals surface area contributed by atoms with Crippen molar-refractivity contribution < 1.29 is 13.6 Å². The summed E-state index contributed by atoms with van der Waals surface area (Å²) in [5, 5.41) is 7.61. The number of hydrogen-bond donors (Lipinski definition) is 2. The summed E-state index contributed by atoms with van der Waals surface area (Å²) in [5.74, 6) is -1.48. The molecule has 0 aliphatic rings. The van der Waals surface area contributed by atoms with E-state index in [1.54, 1.807) is 18.5 Å². The number of hydrogen-bond acceptors (Lipinski definition) is 4. The highest BCUT2D eigenvalue weighted by Crippen LogP contribution is 2.25. The Morgan fingerprint density at radius 1 is 1.32 bits per heavy atom. The number of halogens is 2. The van der Waals surface area contributed by atoms with Crippen LogP contribution in [0.2, 0.25) is 0 Å². The van der Waals surface area contributed by atoms with Gasteiger partial charge in [-0.25, -0.2) is 18.6 Å². The quantitative estimate of drug-likeness (QED) is 0.906. The highest BCUT2D eigenvalue weighted by Gasteiger charge is 2.16. The van der Waals surface area contributed by atoms with Crippen molar-refractivity contribution >= 4 is 28.7 Å². The lowest BCUT2D eigenvalue weighted by Crippen LogP contribution is -2.31. The van der Waals surface area contributed by atoms with Crippen molar-refractivity contribution in [1.29, 1.82) is 0 Å². The Balaban J connectivity index is 2.06. The second-order valence-corrected chi connectivity index (χ2v) is 5.80.